The van der Waals surface area contributed by atoms with E-state index in [4.69, 9.17) is 9.47 Å². The molecule has 1 atom stereocenters. The van der Waals surface area contributed by atoms with Gasteiger partial charge in [-0.3, -0.25) is 9.69 Å². The van der Waals surface area contributed by atoms with E-state index in [-0.39, 0.29) is 17.9 Å². The number of benzene rings is 1. The van der Waals surface area contributed by atoms with Gasteiger partial charge in [-0.05, 0) is 37.5 Å². The zero-order chi connectivity index (χ0) is 20.4. The third-order valence-electron chi connectivity index (χ3n) is 5.66. The molecule has 1 aromatic heterocycles. The van der Waals surface area contributed by atoms with Crippen LogP contribution in [0.25, 0.3) is 0 Å². The summed E-state index contributed by atoms with van der Waals surface area (Å²) < 4.78 is 12.9. The molecule has 8 nitrogen and oxygen atoms in total. The van der Waals surface area contributed by atoms with E-state index in [2.05, 4.69) is 37.1 Å². The lowest BCUT2D eigenvalue weighted by molar-refractivity contribution is -0.123. The van der Waals surface area contributed by atoms with Crippen LogP contribution >= 0.6 is 0 Å². The van der Waals surface area contributed by atoms with Crippen LogP contribution in [0.3, 0.4) is 0 Å². The number of carbonyl (C=O) groups excluding carboxylic acids is 1. The van der Waals surface area contributed by atoms with Gasteiger partial charge in [0, 0.05) is 44.6 Å². The SMILES string of the molecule is COc1cc(CN2CCc3nnc([C@@H](C)NC(=O)C4CC4)n3CC2)cc(OC)c1. The largest absolute Gasteiger partial charge is 0.497 e. The van der Waals surface area contributed by atoms with E-state index < -0.39 is 0 Å². The van der Waals surface area contributed by atoms with E-state index in [0.717, 1.165) is 74.2 Å². The molecule has 1 aromatic carbocycles. The molecule has 4 rings (SSSR count). The van der Waals surface area contributed by atoms with Gasteiger partial charge in [0.1, 0.15) is 17.3 Å². The Bertz CT molecular complexity index is 855. The average Bonchev–Trinajstić information content (AvgIpc) is 3.53. The number of methoxy groups -OCH3 is 2. The molecule has 0 saturated heterocycles. The van der Waals surface area contributed by atoms with Gasteiger partial charge in [-0.25, -0.2) is 0 Å². The number of amides is 1. The molecule has 8 heteroatoms. The van der Waals surface area contributed by atoms with Crippen LogP contribution in [0.4, 0.5) is 0 Å². The standard InChI is InChI=1S/C21H29N5O3/c1-14(22-21(27)16-4-5-16)20-24-23-19-6-7-25(8-9-26(19)20)13-15-10-17(28-2)12-18(11-15)29-3/h10-12,14,16H,4-9,13H2,1-3H3,(H,22,27)/t14-/m1/s1. The smallest absolute Gasteiger partial charge is 0.223 e. The summed E-state index contributed by atoms with van der Waals surface area (Å²) in [5, 5.41) is 11.9. The minimum Gasteiger partial charge on any atom is -0.497 e. The zero-order valence-electron chi connectivity index (χ0n) is 17.4. The van der Waals surface area contributed by atoms with Gasteiger partial charge in [-0.2, -0.15) is 0 Å². The molecule has 2 heterocycles. The second-order valence-corrected chi connectivity index (χ2v) is 7.88. The molecule has 1 saturated carbocycles. The minimum atomic E-state index is -0.126. The molecule has 1 amide bonds. The molecule has 156 valence electrons. The Morgan fingerprint density at radius 1 is 1.14 bits per heavy atom. The van der Waals surface area contributed by atoms with Crippen molar-refractivity contribution in [1.82, 2.24) is 25.0 Å². The number of rotatable bonds is 7. The Morgan fingerprint density at radius 3 is 2.52 bits per heavy atom. The highest BCUT2D eigenvalue weighted by molar-refractivity contribution is 5.81. The van der Waals surface area contributed by atoms with Crippen LogP contribution in [-0.2, 0) is 24.3 Å². The minimum absolute atomic E-state index is 0.126. The predicted molar refractivity (Wildman–Crippen MR) is 108 cm³/mol. The van der Waals surface area contributed by atoms with Gasteiger partial charge in [-0.1, -0.05) is 0 Å². The third kappa shape index (κ3) is 4.53. The average molecular weight is 399 g/mol. The summed E-state index contributed by atoms with van der Waals surface area (Å²) in [5.74, 6) is 3.76. The molecule has 2 aromatic rings. The van der Waals surface area contributed by atoms with Crippen LogP contribution in [-0.4, -0.2) is 52.9 Å². The molecule has 0 bridgehead atoms. The highest BCUT2D eigenvalue weighted by Gasteiger charge is 2.31. The summed E-state index contributed by atoms with van der Waals surface area (Å²) in [7, 11) is 3.34. The van der Waals surface area contributed by atoms with Crippen molar-refractivity contribution in [3.8, 4) is 11.5 Å². The van der Waals surface area contributed by atoms with E-state index in [1.165, 1.54) is 0 Å². The molecule has 1 aliphatic carbocycles. The van der Waals surface area contributed by atoms with Crippen LogP contribution in [0, 0.1) is 5.92 Å². The Kier molecular flexibility index (Phi) is 5.71. The first-order valence-corrected chi connectivity index (χ1v) is 10.2. The highest BCUT2D eigenvalue weighted by Crippen LogP contribution is 2.30. The first kappa shape index (κ1) is 19.7. The summed E-state index contributed by atoms with van der Waals surface area (Å²) in [6.45, 7) is 5.40. The number of nitrogens with zero attached hydrogens (tertiary/aromatic N) is 4. The topological polar surface area (TPSA) is 81.5 Å². The Hall–Kier alpha value is -2.61. The first-order valence-electron chi connectivity index (χ1n) is 10.2. The molecular weight excluding hydrogens is 370 g/mol. The maximum absolute atomic E-state index is 12.1. The Morgan fingerprint density at radius 2 is 1.86 bits per heavy atom. The summed E-state index contributed by atoms with van der Waals surface area (Å²) in [5.41, 5.74) is 1.16. The number of nitrogens with one attached hydrogen (secondary N) is 1. The summed E-state index contributed by atoms with van der Waals surface area (Å²) >= 11 is 0. The molecule has 1 aliphatic heterocycles. The summed E-state index contributed by atoms with van der Waals surface area (Å²) in [6, 6.07) is 5.86. The number of fused-ring (bicyclic) bond motifs is 1. The van der Waals surface area contributed by atoms with E-state index in [1.54, 1.807) is 14.2 Å². The fourth-order valence-electron chi connectivity index (χ4n) is 3.82. The number of ether oxygens (including phenoxy) is 2. The molecule has 0 spiro atoms. The van der Waals surface area contributed by atoms with Crippen molar-refractivity contribution in [2.75, 3.05) is 27.3 Å². The fourth-order valence-corrected chi connectivity index (χ4v) is 3.82. The predicted octanol–water partition coefficient (Wildman–Crippen LogP) is 1.94. The van der Waals surface area contributed by atoms with Crippen LogP contribution in [0.2, 0.25) is 0 Å². The maximum Gasteiger partial charge on any atom is 0.223 e. The van der Waals surface area contributed by atoms with E-state index >= 15 is 0 Å². The normalized spacial score (nSPS) is 17.9. The van der Waals surface area contributed by atoms with Crippen molar-refractivity contribution in [2.24, 2.45) is 5.92 Å². The molecule has 0 radical (unpaired) electrons. The first-order chi connectivity index (χ1) is 14.1. The van der Waals surface area contributed by atoms with Crippen LogP contribution in [0.15, 0.2) is 18.2 Å². The van der Waals surface area contributed by atoms with Gasteiger partial charge in [0.05, 0.1) is 20.3 Å². The summed E-state index contributed by atoms with van der Waals surface area (Å²) in [6.07, 6.45) is 2.83. The van der Waals surface area contributed by atoms with Crippen LogP contribution in [0.5, 0.6) is 11.5 Å². The molecule has 1 N–H and O–H groups in total. The molecule has 1 fully saturated rings. The van der Waals surface area contributed by atoms with Crippen molar-refractivity contribution in [3.05, 3.63) is 35.4 Å². The zero-order valence-corrected chi connectivity index (χ0v) is 17.4. The quantitative estimate of drug-likeness (QED) is 0.766. The second-order valence-electron chi connectivity index (χ2n) is 7.88. The van der Waals surface area contributed by atoms with Crippen LogP contribution < -0.4 is 14.8 Å². The van der Waals surface area contributed by atoms with Crippen molar-refractivity contribution < 1.29 is 14.3 Å². The van der Waals surface area contributed by atoms with Crippen molar-refractivity contribution in [3.63, 3.8) is 0 Å². The Labute approximate surface area is 171 Å². The number of aromatic nitrogens is 3. The molecule has 2 aliphatic rings. The van der Waals surface area contributed by atoms with E-state index in [0.29, 0.717) is 0 Å². The lowest BCUT2D eigenvalue weighted by Gasteiger charge is -2.21. The van der Waals surface area contributed by atoms with E-state index in [1.807, 2.05) is 13.0 Å². The van der Waals surface area contributed by atoms with Gasteiger partial charge < -0.3 is 19.4 Å². The van der Waals surface area contributed by atoms with Crippen molar-refractivity contribution in [2.45, 2.75) is 45.3 Å². The van der Waals surface area contributed by atoms with Crippen LogP contribution in [0.1, 0.15) is 43.0 Å². The van der Waals surface area contributed by atoms with Crippen molar-refractivity contribution in [1.29, 1.82) is 0 Å². The fraction of sp³-hybridized carbons (Fsp3) is 0.571. The van der Waals surface area contributed by atoms with Gasteiger partial charge in [0.2, 0.25) is 5.91 Å². The van der Waals surface area contributed by atoms with Crippen molar-refractivity contribution >= 4 is 5.91 Å². The lowest BCUT2D eigenvalue weighted by Crippen LogP contribution is -2.31. The highest BCUT2D eigenvalue weighted by atomic mass is 16.5. The van der Waals surface area contributed by atoms with Gasteiger partial charge in [0.25, 0.3) is 0 Å². The summed E-state index contributed by atoms with van der Waals surface area (Å²) in [4.78, 5) is 14.5. The van der Waals surface area contributed by atoms with E-state index in [9.17, 15) is 4.79 Å². The molecule has 0 unspecified atom stereocenters. The number of hydrogen-bond donors (Lipinski definition) is 1. The lowest BCUT2D eigenvalue weighted by atomic mass is 10.2. The van der Waals surface area contributed by atoms with Gasteiger partial charge in [-0.15, -0.1) is 10.2 Å². The number of hydrogen-bond acceptors (Lipinski definition) is 6. The molecule has 29 heavy (non-hydrogen) atoms. The molecular formula is C21H29N5O3. The van der Waals surface area contributed by atoms with Gasteiger partial charge >= 0.3 is 0 Å². The Balaban J connectivity index is 1.42. The van der Waals surface area contributed by atoms with Gasteiger partial charge in [0.15, 0.2) is 5.82 Å². The second kappa shape index (κ2) is 8.41. The monoisotopic (exact) mass is 399 g/mol. The maximum atomic E-state index is 12.1. The third-order valence-corrected chi connectivity index (χ3v) is 5.66. The number of carbonyl (C=O) groups is 1.